The number of hydrogen-bond acceptors (Lipinski definition) is 4. The standard InChI is InChI=1S/C29H34F3N3O2/c1-19-3-2-4-21(13-19)20-5-9-34(10-6-20)24-15-26-28(16-24,8-12-37-26)27(36)35-11-7-25-22(18-35)14-23(17-33-25)29(30,31)32/h2-4,13-14,17,20,24,26H,5-12,15-16,18H2,1H3/t24-,26-,28-/m1/s1. The third-order valence-corrected chi connectivity index (χ3v) is 9.21. The van der Waals surface area contributed by atoms with Crippen LogP contribution in [0.25, 0.3) is 0 Å². The van der Waals surface area contributed by atoms with Gasteiger partial charge in [-0.1, -0.05) is 29.8 Å². The van der Waals surface area contributed by atoms with Gasteiger partial charge in [0.2, 0.25) is 5.91 Å². The number of rotatable bonds is 3. The van der Waals surface area contributed by atoms with Gasteiger partial charge < -0.3 is 14.5 Å². The molecule has 37 heavy (non-hydrogen) atoms. The molecule has 1 aliphatic carbocycles. The highest BCUT2D eigenvalue weighted by Gasteiger charge is 2.58. The number of pyridine rings is 1. The molecule has 1 saturated carbocycles. The second kappa shape index (κ2) is 9.38. The summed E-state index contributed by atoms with van der Waals surface area (Å²) in [5.74, 6) is 0.628. The average molecular weight is 514 g/mol. The van der Waals surface area contributed by atoms with E-state index >= 15 is 0 Å². The third kappa shape index (κ3) is 4.56. The lowest BCUT2D eigenvalue weighted by atomic mass is 9.80. The maximum Gasteiger partial charge on any atom is 0.417 e. The summed E-state index contributed by atoms with van der Waals surface area (Å²) in [6.07, 6.45) is 1.38. The molecule has 3 atom stereocenters. The predicted molar refractivity (Wildman–Crippen MR) is 133 cm³/mol. The molecule has 5 nitrogen and oxygen atoms in total. The highest BCUT2D eigenvalue weighted by molar-refractivity contribution is 5.84. The van der Waals surface area contributed by atoms with Crippen molar-refractivity contribution in [2.75, 3.05) is 26.2 Å². The monoisotopic (exact) mass is 513 g/mol. The highest BCUT2D eigenvalue weighted by Crippen LogP contribution is 2.51. The van der Waals surface area contributed by atoms with Crippen LogP contribution in [0.15, 0.2) is 36.5 Å². The Morgan fingerprint density at radius 1 is 1.16 bits per heavy atom. The largest absolute Gasteiger partial charge is 0.417 e. The number of piperidine rings is 1. The number of fused-ring (bicyclic) bond motifs is 2. The van der Waals surface area contributed by atoms with E-state index in [-0.39, 0.29) is 18.6 Å². The van der Waals surface area contributed by atoms with Crippen LogP contribution in [0.4, 0.5) is 13.2 Å². The Kier molecular flexibility index (Phi) is 6.30. The van der Waals surface area contributed by atoms with Gasteiger partial charge in [0.25, 0.3) is 0 Å². The average Bonchev–Trinajstić information content (AvgIpc) is 3.46. The van der Waals surface area contributed by atoms with Crippen molar-refractivity contribution in [2.24, 2.45) is 5.41 Å². The van der Waals surface area contributed by atoms with E-state index in [0.29, 0.717) is 49.2 Å². The zero-order valence-corrected chi connectivity index (χ0v) is 21.3. The smallest absolute Gasteiger partial charge is 0.377 e. The summed E-state index contributed by atoms with van der Waals surface area (Å²) >= 11 is 0. The molecule has 4 heterocycles. The van der Waals surface area contributed by atoms with E-state index in [9.17, 15) is 18.0 Å². The second-order valence-corrected chi connectivity index (χ2v) is 11.4. The van der Waals surface area contributed by atoms with Gasteiger partial charge in [0.15, 0.2) is 0 Å². The van der Waals surface area contributed by atoms with Crippen molar-refractivity contribution in [1.29, 1.82) is 0 Å². The van der Waals surface area contributed by atoms with Crippen LogP contribution in [0.5, 0.6) is 0 Å². The van der Waals surface area contributed by atoms with Crippen LogP contribution in [-0.2, 0) is 28.7 Å². The van der Waals surface area contributed by atoms with Gasteiger partial charge in [0, 0.05) is 44.0 Å². The summed E-state index contributed by atoms with van der Waals surface area (Å²) in [7, 11) is 0. The van der Waals surface area contributed by atoms with Crippen LogP contribution < -0.4 is 0 Å². The van der Waals surface area contributed by atoms with Gasteiger partial charge in [-0.15, -0.1) is 0 Å². The van der Waals surface area contributed by atoms with Crippen LogP contribution >= 0.6 is 0 Å². The number of carbonyl (C=O) groups excluding carboxylic acids is 1. The summed E-state index contributed by atoms with van der Waals surface area (Å²) < 4.78 is 45.9. The number of aryl methyl sites for hydroxylation is 1. The molecule has 1 amide bonds. The highest BCUT2D eigenvalue weighted by atomic mass is 19.4. The van der Waals surface area contributed by atoms with E-state index < -0.39 is 17.2 Å². The Hall–Kier alpha value is -2.45. The summed E-state index contributed by atoms with van der Waals surface area (Å²) in [5.41, 5.74) is 2.57. The predicted octanol–water partition coefficient (Wildman–Crippen LogP) is 5.11. The van der Waals surface area contributed by atoms with Gasteiger partial charge >= 0.3 is 6.18 Å². The van der Waals surface area contributed by atoms with Crippen molar-refractivity contribution in [1.82, 2.24) is 14.8 Å². The van der Waals surface area contributed by atoms with Gasteiger partial charge in [0.05, 0.1) is 17.1 Å². The third-order valence-electron chi connectivity index (χ3n) is 9.21. The van der Waals surface area contributed by atoms with Crippen molar-refractivity contribution in [3.8, 4) is 0 Å². The molecule has 0 unspecified atom stereocenters. The van der Waals surface area contributed by atoms with Crippen molar-refractivity contribution in [3.05, 3.63) is 64.5 Å². The van der Waals surface area contributed by atoms with Gasteiger partial charge in [-0.3, -0.25) is 9.78 Å². The Balaban J connectivity index is 1.14. The van der Waals surface area contributed by atoms with E-state index in [1.54, 1.807) is 4.90 Å². The molecule has 198 valence electrons. The van der Waals surface area contributed by atoms with Crippen LogP contribution in [0.2, 0.25) is 0 Å². The molecular formula is C29H34F3N3O2. The fourth-order valence-corrected chi connectivity index (χ4v) is 7.18. The van der Waals surface area contributed by atoms with Crippen molar-refractivity contribution in [3.63, 3.8) is 0 Å². The number of alkyl halides is 3. The number of benzene rings is 1. The maximum atomic E-state index is 14.0. The van der Waals surface area contributed by atoms with E-state index in [2.05, 4.69) is 41.1 Å². The quantitative estimate of drug-likeness (QED) is 0.572. The van der Waals surface area contributed by atoms with E-state index in [0.717, 1.165) is 51.0 Å². The minimum Gasteiger partial charge on any atom is -0.377 e. The lowest BCUT2D eigenvalue weighted by molar-refractivity contribution is -0.145. The lowest BCUT2D eigenvalue weighted by Gasteiger charge is -2.38. The lowest BCUT2D eigenvalue weighted by Crippen LogP contribution is -2.48. The number of aromatic nitrogens is 1. The van der Waals surface area contributed by atoms with Crippen LogP contribution in [0.3, 0.4) is 0 Å². The zero-order chi connectivity index (χ0) is 25.8. The first-order valence-corrected chi connectivity index (χ1v) is 13.5. The molecule has 2 aromatic rings. The number of ether oxygens (including phenoxy) is 1. The number of hydrogen-bond donors (Lipinski definition) is 0. The van der Waals surface area contributed by atoms with Crippen LogP contribution in [0, 0.1) is 12.3 Å². The molecule has 0 spiro atoms. The molecule has 3 aliphatic heterocycles. The van der Waals surface area contributed by atoms with Gasteiger partial charge in [-0.25, -0.2) is 0 Å². The van der Waals surface area contributed by atoms with Crippen molar-refractivity contribution >= 4 is 5.91 Å². The zero-order valence-electron chi connectivity index (χ0n) is 21.3. The molecule has 8 heteroatoms. The summed E-state index contributed by atoms with van der Waals surface area (Å²) in [4.78, 5) is 22.3. The summed E-state index contributed by atoms with van der Waals surface area (Å²) in [6.45, 7) is 5.42. The fourth-order valence-electron chi connectivity index (χ4n) is 7.18. The van der Waals surface area contributed by atoms with Gasteiger partial charge in [0.1, 0.15) is 0 Å². The Bertz CT molecular complexity index is 1180. The first-order chi connectivity index (χ1) is 17.7. The summed E-state index contributed by atoms with van der Waals surface area (Å²) in [5, 5.41) is 0. The van der Waals surface area contributed by atoms with E-state index in [1.165, 1.54) is 11.1 Å². The topological polar surface area (TPSA) is 45.7 Å². The normalized spacial score (nSPS) is 28.8. The molecule has 1 aromatic heterocycles. The molecule has 4 aliphatic rings. The van der Waals surface area contributed by atoms with Crippen LogP contribution in [-0.4, -0.2) is 59.1 Å². The minimum absolute atomic E-state index is 0.0511. The number of halogens is 3. The Labute approximate surface area is 216 Å². The summed E-state index contributed by atoms with van der Waals surface area (Å²) in [6, 6.07) is 10.3. The maximum absolute atomic E-state index is 14.0. The molecule has 0 radical (unpaired) electrons. The van der Waals surface area contributed by atoms with E-state index in [4.69, 9.17) is 4.74 Å². The first-order valence-electron chi connectivity index (χ1n) is 13.5. The molecule has 3 fully saturated rings. The van der Waals surface area contributed by atoms with Crippen molar-refractivity contribution < 1.29 is 22.7 Å². The fraction of sp³-hybridized carbons (Fsp3) is 0.586. The number of amides is 1. The number of nitrogens with zero attached hydrogens (tertiary/aromatic N) is 3. The van der Waals surface area contributed by atoms with Gasteiger partial charge in [-0.05, 0) is 75.2 Å². The SMILES string of the molecule is Cc1cccc(C2CCN([C@@H]3C[C@H]4OCC[C@@]4(C(=O)N4CCc5ncc(C(F)(F)F)cc5C4)C3)CC2)c1. The minimum atomic E-state index is -4.44. The molecule has 6 rings (SSSR count). The molecule has 1 aromatic carbocycles. The Morgan fingerprint density at radius 2 is 1.97 bits per heavy atom. The second-order valence-electron chi connectivity index (χ2n) is 11.4. The number of likely N-dealkylation sites (tertiary alicyclic amines) is 1. The Morgan fingerprint density at radius 3 is 2.73 bits per heavy atom. The molecule has 0 bridgehead atoms. The first kappa shape index (κ1) is 24.9. The molecular weight excluding hydrogens is 479 g/mol. The van der Waals surface area contributed by atoms with Crippen molar-refractivity contribution in [2.45, 2.75) is 76.2 Å². The van der Waals surface area contributed by atoms with E-state index in [1.807, 2.05) is 0 Å². The van der Waals surface area contributed by atoms with Crippen LogP contribution in [0.1, 0.15) is 66.0 Å². The van der Waals surface area contributed by atoms with Gasteiger partial charge in [-0.2, -0.15) is 13.2 Å². The molecule has 0 N–H and O–H groups in total. The molecule has 2 saturated heterocycles. The number of carbonyl (C=O) groups is 1.